The molecular weight excluding hydrogens is 440 g/mol. The Morgan fingerprint density at radius 1 is 1.06 bits per heavy atom. The molecule has 1 amide bonds. The van der Waals surface area contributed by atoms with E-state index in [1.54, 1.807) is 29.0 Å². The lowest BCUT2D eigenvalue weighted by Gasteiger charge is -2.33. The lowest BCUT2D eigenvalue weighted by atomic mass is 9.90. The van der Waals surface area contributed by atoms with Gasteiger partial charge < -0.3 is 20.9 Å². The Labute approximate surface area is 197 Å². The first-order valence-corrected chi connectivity index (χ1v) is 11.9. The van der Waals surface area contributed by atoms with Crippen LogP contribution in [0.4, 0.5) is 17.2 Å². The number of amides is 1. The molecule has 2 aliphatic rings. The van der Waals surface area contributed by atoms with Gasteiger partial charge in [0, 0.05) is 36.1 Å². The molecule has 5 rings (SSSR count). The van der Waals surface area contributed by atoms with Crippen molar-refractivity contribution in [2.45, 2.75) is 56.7 Å². The minimum Gasteiger partial charge on any atom is -0.379 e. The van der Waals surface area contributed by atoms with Crippen LogP contribution in [0.3, 0.4) is 0 Å². The van der Waals surface area contributed by atoms with Gasteiger partial charge in [-0.15, -0.1) is 5.10 Å². The molecule has 2 aliphatic carbocycles. The van der Waals surface area contributed by atoms with E-state index in [1.165, 1.54) is 0 Å². The zero-order chi connectivity index (χ0) is 22.9. The Kier molecular flexibility index (Phi) is 6.07. The van der Waals surface area contributed by atoms with Crippen LogP contribution >= 0.6 is 11.6 Å². The fourth-order valence-electron chi connectivity index (χ4n) is 4.37. The van der Waals surface area contributed by atoms with Gasteiger partial charge in [-0.3, -0.25) is 4.79 Å². The third kappa shape index (κ3) is 5.04. The number of carbonyl (C=O) groups is 1. The van der Waals surface area contributed by atoms with Gasteiger partial charge in [0.15, 0.2) is 11.3 Å². The number of anilines is 3. The highest BCUT2D eigenvalue weighted by molar-refractivity contribution is 6.29. The second-order valence-electron chi connectivity index (χ2n) is 9.18. The normalized spacial score (nSPS) is 20.7. The van der Waals surface area contributed by atoms with E-state index in [0.29, 0.717) is 40.3 Å². The van der Waals surface area contributed by atoms with Crippen LogP contribution in [0, 0.1) is 0 Å². The molecule has 3 aromatic heterocycles. The average Bonchev–Trinajstić information content (AvgIpc) is 3.49. The standard InChI is InChI=1S/C23H29ClN8O/c1-31(2)17-7-5-15(6-8-17)28-21-12-18(27-14-3-4-14)22-26-13-19(32(22)30-21)23(33)29-16-9-10-25-20(24)11-16/h9-15,17,27H,3-8H2,1-2H3,(H,28,30)(H,25,29,33). The minimum absolute atomic E-state index is 0.307. The van der Waals surface area contributed by atoms with Gasteiger partial charge in [0.1, 0.15) is 11.0 Å². The molecule has 174 valence electrons. The largest absolute Gasteiger partial charge is 0.379 e. The summed E-state index contributed by atoms with van der Waals surface area (Å²) in [7, 11) is 4.30. The zero-order valence-electron chi connectivity index (χ0n) is 18.9. The number of halogens is 1. The summed E-state index contributed by atoms with van der Waals surface area (Å²) in [4.78, 5) is 23.8. The van der Waals surface area contributed by atoms with Crippen molar-refractivity contribution in [3.05, 3.63) is 41.4 Å². The second kappa shape index (κ2) is 9.15. The van der Waals surface area contributed by atoms with E-state index in [2.05, 4.69) is 44.9 Å². The molecule has 10 heteroatoms. The molecule has 0 unspecified atom stereocenters. The van der Waals surface area contributed by atoms with Crippen molar-refractivity contribution < 1.29 is 4.79 Å². The average molecular weight is 469 g/mol. The van der Waals surface area contributed by atoms with Gasteiger partial charge in [0.05, 0.1) is 11.9 Å². The number of rotatable bonds is 7. The van der Waals surface area contributed by atoms with E-state index in [0.717, 1.165) is 50.0 Å². The van der Waals surface area contributed by atoms with Crippen LogP contribution in [0.2, 0.25) is 5.15 Å². The first-order valence-electron chi connectivity index (χ1n) is 11.5. The molecular formula is C23H29ClN8O. The van der Waals surface area contributed by atoms with Crippen molar-refractivity contribution >= 4 is 40.3 Å². The highest BCUT2D eigenvalue weighted by atomic mass is 35.5. The molecule has 3 heterocycles. The predicted molar refractivity (Wildman–Crippen MR) is 130 cm³/mol. The molecule has 3 aromatic rings. The molecule has 0 aliphatic heterocycles. The molecule has 2 fully saturated rings. The number of nitrogens with one attached hydrogen (secondary N) is 3. The van der Waals surface area contributed by atoms with E-state index in [4.69, 9.17) is 16.7 Å². The summed E-state index contributed by atoms with van der Waals surface area (Å²) in [5, 5.41) is 15.1. The van der Waals surface area contributed by atoms with Gasteiger partial charge in [0.25, 0.3) is 5.91 Å². The number of carbonyl (C=O) groups excluding carboxylic acids is 1. The Morgan fingerprint density at radius 2 is 1.79 bits per heavy atom. The van der Waals surface area contributed by atoms with E-state index in [-0.39, 0.29) is 5.91 Å². The second-order valence-corrected chi connectivity index (χ2v) is 9.56. The predicted octanol–water partition coefficient (Wildman–Crippen LogP) is 3.89. The number of pyridine rings is 1. The molecule has 3 N–H and O–H groups in total. The topological polar surface area (TPSA) is 99.5 Å². The molecule has 0 bridgehead atoms. The van der Waals surface area contributed by atoms with Gasteiger partial charge in [-0.25, -0.2) is 14.5 Å². The van der Waals surface area contributed by atoms with Crippen LogP contribution in [-0.2, 0) is 0 Å². The number of nitrogens with zero attached hydrogens (tertiary/aromatic N) is 5. The first kappa shape index (κ1) is 21.9. The maximum atomic E-state index is 13.0. The van der Waals surface area contributed by atoms with Gasteiger partial charge in [-0.2, -0.15) is 0 Å². The van der Waals surface area contributed by atoms with Crippen LogP contribution < -0.4 is 16.0 Å². The van der Waals surface area contributed by atoms with E-state index >= 15 is 0 Å². The monoisotopic (exact) mass is 468 g/mol. The maximum absolute atomic E-state index is 13.0. The summed E-state index contributed by atoms with van der Waals surface area (Å²) in [6.07, 6.45) is 9.90. The SMILES string of the molecule is CN(C)C1CCC(Nc2cc(NC3CC3)c3ncc(C(=O)Nc4ccnc(Cl)c4)n3n2)CC1. The summed E-state index contributed by atoms with van der Waals surface area (Å²) in [6.45, 7) is 0. The van der Waals surface area contributed by atoms with Crippen LogP contribution in [0.25, 0.3) is 5.65 Å². The molecule has 0 spiro atoms. The molecule has 9 nitrogen and oxygen atoms in total. The van der Waals surface area contributed by atoms with Crippen molar-refractivity contribution in [3.63, 3.8) is 0 Å². The van der Waals surface area contributed by atoms with E-state index < -0.39 is 0 Å². The van der Waals surface area contributed by atoms with Crippen LogP contribution in [0.15, 0.2) is 30.6 Å². The summed E-state index contributed by atoms with van der Waals surface area (Å²) >= 11 is 5.95. The molecule has 0 aromatic carbocycles. The molecule has 33 heavy (non-hydrogen) atoms. The lowest BCUT2D eigenvalue weighted by Crippen LogP contribution is -2.36. The van der Waals surface area contributed by atoms with E-state index in [1.807, 2.05) is 6.07 Å². The molecule has 0 radical (unpaired) electrons. The van der Waals surface area contributed by atoms with Crippen LogP contribution in [0.1, 0.15) is 49.0 Å². The van der Waals surface area contributed by atoms with Gasteiger partial charge in [-0.05, 0) is 64.8 Å². The number of hydrogen-bond acceptors (Lipinski definition) is 7. The Balaban J connectivity index is 1.40. The van der Waals surface area contributed by atoms with Gasteiger partial charge in [0.2, 0.25) is 0 Å². The number of aromatic nitrogens is 4. The molecule has 0 atom stereocenters. The molecule has 0 saturated heterocycles. The van der Waals surface area contributed by atoms with Gasteiger partial charge in [-0.1, -0.05) is 11.6 Å². The van der Waals surface area contributed by atoms with Crippen molar-refractivity contribution in [2.24, 2.45) is 0 Å². The van der Waals surface area contributed by atoms with Crippen molar-refractivity contribution in [3.8, 4) is 0 Å². The highest BCUT2D eigenvalue weighted by Gasteiger charge is 2.26. The van der Waals surface area contributed by atoms with Crippen molar-refractivity contribution in [2.75, 3.05) is 30.0 Å². The fraction of sp³-hybridized carbons (Fsp3) is 0.478. The van der Waals surface area contributed by atoms with Crippen molar-refractivity contribution in [1.82, 2.24) is 24.5 Å². The summed E-state index contributed by atoms with van der Waals surface area (Å²) in [6, 6.07) is 6.76. The molecule has 2 saturated carbocycles. The number of hydrogen-bond donors (Lipinski definition) is 3. The Morgan fingerprint density at radius 3 is 2.48 bits per heavy atom. The third-order valence-electron chi connectivity index (χ3n) is 6.40. The maximum Gasteiger partial charge on any atom is 0.276 e. The smallest absolute Gasteiger partial charge is 0.276 e. The zero-order valence-corrected chi connectivity index (χ0v) is 19.6. The third-order valence-corrected chi connectivity index (χ3v) is 6.61. The first-order chi connectivity index (χ1) is 16.0. The van der Waals surface area contributed by atoms with Crippen molar-refractivity contribution in [1.29, 1.82) is 0 Å². The van der Waals surface area contributed by atoms with E-state index in [9.17, 15) is 4.79 Å². The van der Waals surface area contributed by atoms with Crippen LogP contribution in [-0.4, -0.2) is 62.6 Å². The lowest BCUT2D eigenvalue weighted by molar-refractivity contribution is 0.102. The van der Waals surface area contributed by atoms with Gasteiger partial charge >= 0.3 is 0 Å². The highest BCUT2D eigenvalue weighted by Crippen LogP contribution is 2.30. The van der Waals surface area contributed by atoms with Crippen LogP contribution in [0.5, 0.6) is 0 Å². The minimum atomic E-state index is -0.307. The summed E-state index contributed by atoms with van der Waals surface area (Å²) in [5.41, 5.74) is 2.46. The summed E-state index contributed by atoms with van der Waals surface area (Å²) < 4.78 is 1.62. The number of fused-ring (bicyclic) bond motifs is 1. The quantitative estimate of drug-likeness (QED) is 0.452. The Hall–Kier alpha value is -2.91. The summed E-state index contributed by atoms with van der Waals surface area (Å²) in [5.74, 6) is 0.441. The number of imidazole rings is 1. The Bertz CT molecular complexity index is 1150. The fourth-order valence-corrected chi connectivity index (χ4v) is 4.54.